The third-order valence-electron chi connectivity index (χ3n) is 5.85. The van der Waals surface area contributed by atoms with Gasteiger partial charge < -0.3 is 10.2 Å². The Labute approximate surface area is 168 Å². The number of carbonyl (C=O) groups is 1. The number of nitrogens with zero attached hydrogens (tertiary/aromatic N) is 1. The van der Waals surface area contributed by atoms with Crippen LogP contribution in [-0.4, -0.2) is 29.9 Å². The molecule has 0 saturated heterocycles. The first-order chi connectivity index (χ1) is 12.7. The maximum Gasteiger partial charge on any atom is 0.254 e. The summed E-state index contributed by atoms with van der Waals surface area (Å²) >= 11 is 0. The standard InChI is InChI=1S/C23H28N2O.ClH/c1-17(19-7-8-19)25(16-18-5-3-2-4-6-18)23(26)22-10-9-20-11-13-24-14-12-21(20)15-22;/h2-6,9-10,15,17,19,24H,7-8,11-14,16H2,1H3;1H. The largest absolute Gasteiger partial charge is 0.331 e. The molecule has 1 atom stereocenters. The molecule has 3 nitrogen and oxygen atoms in total. The van der Waals surface area contributed by atoms with Crippen molar-refractivity contribution in [2.45, 2.75) is 45.2 Å². The minimum absolute atomic E-state index is 0. The SMILES string of the molecule is CC(C1CC1)N(Cc1ccccc1)C(=O)c1ccc2c(c1)CCNCC2.Cl. The molecule has 1 saturated carbocycles. The fourth-order valence-electron chi connectivity index (χ4n) is 3.99. The summed E-state index contributed by atoms with van der Waals surface area (Å²) in [5.41, 5.74) is 4.76. The molecule has 1 fully saturated rings. The second-order valence-electron chi connectivity index (χ2n) is 7.73. The van der Waals surface area contributed by atoms with Crippen molar-refractivity contribution in [1.29, 1.82) is 0 Å². The van der Waals surface area contributed by atoms with E-state index in [2.05, 4.69) is 53.5 Å². The molecular weight excluding hydrogens is 356 g/mol. The molecule has 1 unspecified atom stereocenters. The van der Waals surface area contributed by atoms with E-state index in [1.165, 1.54) is 29.5 Å². The number of hydrogen-bond donors (Lipinski definition) is 1. The van der Waals surface area contributed by atoms with Gasteiger partial charge in [0.15, 0.2) is 0 Å². The van der Waals surface area contributed by atoms with E-state index in [0.29, 0.717) is 18.5 Å². The first kappa shape index (κ1) is 19.9. The molecule has 0 aromatic heterocycles. The molecule has 1 N–H and O–H groups in total. The van der Waals surface area contributed by atoms with Crippen LogP contribution in [0.15, 0.2) is 48.5 Å². The van der Waals surface area contributed by atoms with Crippen LogP contribution >= 0.6 is 12.4 Å². The summed E-state index contributed by atoms with van der Waals surface area (Å²) in [6, 6.07) is 17.0. The van der Waals surface area contributed by atoms with E-state index in [-0.39, 0.29) is 18.3 Å². The second kappa shape index (κ2) is 8.90. The Morgan fingerprint density at radius 1 is 1.07 bits per heavy atom. The number of rotatable bonds is 5. The van der Waals surface area contributed by atoms with E-state index in [1.54, 1.807) is 0 Å². The van der Waals surface area contributed by atoms with Crippen LogP contribution in [0.1, 0.15) is 46.8 Å². The molecule has 2 aliphatic rings. The lowest BCUT2D eigenvalue weighted by Crippen LogP contribution is -2.39. The molecule has 2 aromatic carbocycles. The second-order valence-corrected chi connectivity index (χ2v) is 7.73. The maximum absolute atomic E-state index is 13.4. The van der Waals surface area contributed by atoms with Crippen molar-refractivity contribution in [3.8, 4) is 0 Å². The van der Waals surface area contributed by atoms with Gasteiger partial charge in [0, 0.05) is 18.2 Å². The van der Waals surface area contributed by atoms with Gasteiger partial charge in [0.1, 0.15) is 0 Å². The monoisotopic (exact) mass is 384 g/mol. The number of fused-ring (bicyclic) bond motifs is 1. The predicted molar refractivity (Wildman–Crippen MR) is 112 cm³/mol. The van der Waals surface area contributed by atoms with Crippen LogP contribution in [0.25, 0.3) is 0 Å². The molecule has 0 spiro atoms. The molecule has 4 rings (SSSR count). The van der Waals surface area contributed by atoms with Crippen LogP contribution in [0.3, 0.4) is 0 Å². The molecule has 2 aromatic rings. The highest BCUT2D eigenvalue weighted by Gasteiger charge is 2.34. The smallest absolute Gasteiger partial charge is 0.254 e. The van der Waals surface area contributed by atoms with E-state index < -0.39 is 0 Å². The summed E-state index contributed by atoms with van der Waals surface area (Å²) in [6.45, 7) is 4.93. The highest BCUT2D eigenvalue weighted by atomic mass is 35.5. The zero-order chi connectivity index (χ0) is 17.9. The Hall–Kier alpha value is -1.84. The predicted octanol–water partition coefficient (Wildman–Crippen LogP) is 4.24. The Kier molecular flexibility index (Phi) is 6.56. The average Bonchev–Trinajstić information content (AvgIpc) is 3.52. The van der Waals surface area contributed by atoms with Crippen LogP contribution in [0, 0.1) is 5.92 Å². The van der Waals surface area contributed by atoms with Gasteiger partial charge in [-0.05, 0) is 80.4 Å². The highest BCUT2D eigenvalue weighted by molar-refractivity contribution is 5.94. The van der Waals surface area contributed by atoms with Gasteiger partial charge in [-0.1, -0.05) is 36.4 Å². The van der Waals surface area contributed by atoms with Gasteiger partial charge in [-0.15, -0.1) is 12.4 Å². The Morgan fingerprint density at radius 3 is 2.48 bits per heavy atom. The normalized spacial score (nSPS) is 17.2. The van der Waals surface area contributed by atoms with Crippen molar-refractivity contribution < 1.29 is 4.79 Å². The van der Waals surface area contributed by atoms with E-state index in [1.807, 2.05) is 12.1 Å². The summed E-state index contributed by atoms with van der Waals surface area (Å²) in [5.74, 6) is 0.834. The molecule has 4 heteroatoms. The van der Waals surface area contributed by atoms with E-state index in [0.717, 1.165) is 31.5 Å². The highest BCUT2D eigenvalue weighted by Crippen LogP contribution is 2.36. The number of amides is 1. The van der Waals surface area contributed by atoms with Crippen LogP contribution < -0.4 is 5.32 Å². The summed E-state index contributed by atoms with van der Waals surface area (Å²) < 4.78 is 0. The van der Waals surface area contributed by atoms with Crippen LogP contribution in [0.4, 0.5) is 0 Å². The van der Waals surface area contributed by atoms with Crippen molar-refractivity contribution in [3.05, 3.63) is 70.8 Å². The van der Waals surface area contributed by atoms with Gasteiger partial charge in [0.25, 0.3) is 5.91 Å². The van der Waals surface area contributed by atoms with Gasteiger partial charge in [-0.25, -0.2) is 0 Å². The molecule has 1 amide bonds. The average molecular weight is 385 g/mol. The van der Waals surface area contributed by atoms with Crippen LogP contribution in [0.2, 0.25) is 0 Å². The van der Waals surface area contributed by atoms with Gasteiger partial charge in [-0.2, -0.15) is 0 Å². The van der Waals surface area contributed by atoms with Gasteiger partial charge in [0.05, 0.1) is 0 Å². The van der Waals surface area contributed by atoms with Crippen molar-refractivity contribution in [1.82, 2.24) is 10.2 Å². The van der Waals surface area contributed by atoms with Gasteiger partial charge in [0.2, 0.25) is 0 Å². The molecule has 27 heavy (non-hydrogen) atoms. The molecule has 0 bridgehead atoms. The van der Waals surface area contributed by atoms with E-state index in [9.17, 15) is 4.79 Å². The van der Waals surface area contributed by atoms with Crippen molar-refractivity contribution in [3.63, 3.8) is 0 Å². The zero-order valence-corrected chi connectivity index (χ0v) is 16.8. The van der Waals surface area contributed by atoms with Crippen molar-refractivity contribution in [2.24, 2.45) is 5.92 Å². The molecule has 144 valence electrons. The third kappa shape index (κ3) is 4.72. The number of hydrogen-bond acceptors (Lipinski definition) is 2. The number of halogens is 1. The fourth-order valence-corrected chi connectivity index (χ4v) is 3.99. The van der Waals surface area contributed by atoms with Gasteiger partial charge in [-0.3, -0.25) is 4.79 Å². The first-order valence-electron chi connectivity index (χ1n) is 9.90. The van der Waals surface area contributed by atoms with Crippen molar-refractivity contribution >= 4 is 18.3 Å². The van der Waals surface area contributed by atoms with Gasteiger partial charge >= 0.3 is 0 Å². The summed E-state index contributed by atoms with van der Waals surface area (Å²) in [5, 5.41) is 3.44. The molecule has 1 heterocycles. The summed E-state index contributed by atoms with van der Waals surface area (Å²) in [6.07, 6.45) is 4.55. The van der Waals surface area contributed by atoms with Crippen molar-refractivity contribution in [2.75, 3.05) is 13.1 Å². The Bertz CT molecular complexity index is 773. The van der Waals surface area contributed by atoms with E-state index in [4.69, 9.17) is 0 Å². The molecular formula is C23H29ClN2O. The Morgan fingerprint density at radius 2 is 1.78 bits per heavy atom. The van der Waals surface area contributed by atoms with Crippen LogP contribution in [0.5, 0.6) is 0 Å². The quantitative estimate of drug-likeness (QED) is 0.836. The summed E-state index contributed by atoms with van der Waals surface area (Å²) in [4.78, 5) is 15.5. The fraction of sp³-hybridized carbons (Fsp3) is 0.435. The lowest BCUT2D eigenvalue weighted by molar-refractivity contribution is 0.0654. The maximum atomic E-state index is 13.4. The summed E-state index contributed by atoms with van der Waals surface area (Å²) in [7, 11) is 0. The molecule has 0 radical (unpaired) electrons. The minimum atomic E-state index is 0. The lowest BCUT2D eigenvalue weighted by atomic mass is 9.99. The molecule has 1 aliphatic carbocycles. The third-order valence-corrected chi connectivity index (χ3v) is 5.85. The first-order valence-corrected chi connectivity index (χ1v) is 9.90. The van der Waals surface area contributed by atoms with Crippen LogP contribution in [-0.2, 0) is 19.4 Å². The number of nitrogens with one attached hydrogen (secondary N) is 1. The minimum Gasteiger partial charge on any atom is -0.331 e. The van der Waals surface area contributed by atoms with E-state index >= 15 is 0 Å². The topological polar surface area (TPSA) is 32.3 Å². The zero-order valence-electron chi connectivity index (χ0n) is 16.0. The number of carbonyl (C=O) groups excluding carboxylic acids is 1. The number of benzene rings is 2. The Balaban J connectivity index is 0.00000210. The lowest BCUT2D eigenvalue weighted by Gasteiger charge is -2.30. The molecule has 1 aliphatic heterocycles.